The van der Waals surface area contributed by atoms with Crippen LogP contribution in [0.25, 0.3) is 10.4 Å². The smallest absolute Gasteiger partial charge is 0.252 e. The highest BCUT2D eigenvalue weighted by Crippen LogP contribution is 2.30. The molecule has 36 heavy (non-hydrogen) atoms. The van der Waals surface area contributed by atoms with Crippen LogP contribution in [0.15, 0.2) is 54.6 Å². The van der Waals surface area contributed by atoms with Gasteiger partial charge in [0.1, 0.15) is 6.23 Å². The first-order valence-corrected chi connectivity index (χ1v) is 13.5. The van der Waals surface area contributed by atoms with E-state index in [1.165, 1.54) is 9.75 Å². The van der Waals surface area contributed by atoms with E-state index in [1.807, 2.05) is 32.0 Å². The van der Waals surface area contributed by atoms with E-state index in [9.17, 15) is 9.90 Å². The van der Waals surface area contributed by atoms with Crippen LogP contribution in [-0.2, 0) is 6.54 Å². The van der Waals surface area contributed by atoms with Crippen molar-refractivity contribution in [2.45, 2.75) is 51.2 Å². The van der Waals surface area contributed by atoms with Crippen LogP contribution in [0.5, 0.6) is 0 Å². The molecule has 8 heteroatoms. The van der Waals surface area contributed by atoms with Gasteiger partial charge in [-0.1, -0.05) is 24.3 Å². The minimum absolute atomic E-state index is 0.0585. The molecule has 3 atom stereocenters. The number of amides is 1. The van der Waals surface area contributed by atoms with Gasteiger partial charge in [-0.25, -0.2) is 0 Å². The molecule has 3 aromatic rings. The molecule has 7 nitrogen and oxygen atoms in total. The van der Waals surface area contributed by atoms with E-state index in [4.69, 9.17) is 0 Å². The first-order valence-electron chi connectivity index (χ1n) is 12.7. The van der Waals surface area contributed by atoms with Crippen LogP contribution in [-0.4, -0.2) is 49.0 Å². The topological polar surface area (TPSA) is 97.5 Å². The zero-order valence-electron chi connectivity index (χ0n) is 20.8. The lowest BCUT2D eigenvalue weighted by atomic mass is 10.0. The van der Waals surface area contributed by atoms with Gasteiger partial charge in [0.2, 0.25) is 0 Å². The van der Waals surface area contributed by atoms with Crippen molar-refractivity contribution >= 4 is 22.9 Å². The predicted molar refractivity (Wildman–Crippen MR) is 146 cm³/mol. The van der Waals surface area contributed by atoms with E-state index < -0.39 is 6.23 Å². The van der Waals surface area contributed by atoms with Gasteiger partial charge in [0.15, 0.2) is 0 Å². The van der Waals surface area contributed by atoms with Gasteiger partial charge in [0, 0.05) is 59.6 Å². The summed E-state index contributed by atoms with van der Waals surface area (Å²) in [5, 5.41) is 26.1. The highest BCUT2D eigenvalue weighted by molar-refractivity contribution is 7.15. The standard InChI is InChI=1S/C28H35N5O2S/c1-17-6-7-21(33-23-13-29-14-23)11-25(17)28(35)32-18(2)19-4-3-5-20(10-19)26-9-8-24(36-26)16-30-22-12-27(34)31-15-22/h3-11,18,22-23,27,29-31,33-34H,12-16H2,1-2H3,(H,32,35)/t18-,22+,27+/m1/s1. The number of rotatable bonds is 9. The minimum atomic E-state index is -0.402. The van der Waals surface area contributed by atoms with E-state index in [1.54, 1.807) is 11.3 Å². The minimum Gasteiger partial charge on any atom is -0.380 e. The van der Waals surface area contributed by atoms with Crippen molar-refractivity contribution in [1.82, 2.24) is 21.3 Å². The Hall–Kier alpha value is -2.75. The molecule has 190 valence electrons. The first-order chi connectivity index (χ1) is 17.4. The molecule has 2 aliphatic heterocycles. The SMILES string of the molecule is Cc1ccc(NC2CNC2)cc1C(=O)N[C@H](C)c1cccc(-c2ccc(CN[C@@H]3CN[C@@H](O)C3)s2)c1. The van der Waals surface area contributed by atoms with Gasteiger partial charge in [0.05, 0.1) is 12.1 Å². The number of carbonyl (C=O) groups excluding carboxylic acids is 1. The molecule has 2 aliphatic rings. The van der Waals surface area contributed by atoms with Crippen LogP contribution in [0, 0.1) is 6.92 Å². The lowest BCUT2D eigenvalue weighted by molar-refractivity contribution is 0.0939. The summed E-state index contributed by atoms with van der Waals surface area (Å²) in [7, 11) is 0. The summed E-state index contributed by atoms with van der Waals surface area (Å²) in [6.45, 7) is 7.50. The van der Waals surface area contributed by atoms with Gasteiger partial charge >= 0.3 is 0 Å². The quantitative estimate of drug-likeness (QED) is 0.267. The molecule has 0 saturated carbocycles. The number of carbonyl (C=O) groups is 1. The highest BCUT2D eigenvalue weighted by atomic mass is 32.1. The van der Waals surface area contributed by atoms with Gasteiger partial charge in [-0.2, -0.15) is 0 Å². The van der Waals surface area contributed by atoms with Crippen molar-refractivity contribution in [3.05, 3.63) is 76.2 Å². The van der Waals surface area contributed by atoms with E-state index in [0.717, 1.165) is 55.0 Å². The Labute approximate surface area is 216 Å². The lowest BCUT2D eigenvalue weighted by Gasteiger charge is -2.29. The number of nitrogens with one attached hydrogen (secondary N) is 5. The predicted octanol–water partition coefficient (Wildman–Crippen LogP) is 3.37. The second-order valence-electron chi connectivity index (χ2n) is 9.85. The van der Waals surface area contributed by atoms with Gasteiger partial charge in [-0.05, 0) is 60.9 Å². The third-order valence-electron chi connectivity index (χ3n) is 6.99. The fraction of sp³-hybridized carbons (Fsp3) is 0.393. The molecule has 2 saturated heterocycles. The lowest BCUT2D eigenvalue weighted by Crippen LogP contribution is -2.51. The molecule has 0 radical (unpaired) electrons. The molecule has 0 unspecified atom stereocenters. The Morgan fingerprint density at radius 2 is 1.97 bits per heavy atom. The first kappa shape index (κ1) is 24.9. The Kier molecular flexibility index (Phi) is 7.69. The molecule has 0 bridgehead atoms. The molecule has 1 amide bonds. The Balaban J connectivity index is 1.22. The number of hydrogen-bond acceptors (Lipinski definition) is 7. The molecule has 2 aromatic carbocycles. The molecule has 0 aliphatic carbocycles. The molecule has 5 rings (SSSR count). The van der Waals surface area contributed by atoms with Crippen LogP contribution in [0.4, 0.5) is 5.69 Å². The third-order valence-corrected chi connectivity index (χ3v) is 8.12. The molecular weight excluding hydrogens is 470 g/mol. The average molecular weight is 506 g/mol. The van der Waals surface area contributed by atoms with Gasteiger partial charge < -0.3 is 26.4 Å². The Morgan fingerprint density at radius 3 is 2.72 bits per heavy atom. The second-order valence-corrected chi connectivity index (χ2v) is 11.0. The van der Waals surface area contributed by atoms with Crippen LogP contribution < -0.4 is 26.6 Å². The normalized spacial score (nSPS) is 20.6. The average Bonchev–Trinajstić information content (AvgIpc) is 3.50. The van der Waals surface area contributed by atoms with Crippen molar-refractivity contribution in [1.29, 1.82) is 0 Å². The number of aliphatic hydroxyl groups is 1. The molecular formula is C28H35N5O2S. The maximum Gasteiger partial charge on any atom is 0.252 e. The Bertz CT molecular complexity index is 1210. The summed E-state index contributed by atoms with van der Waals surface area (Å²) < 4.78 is 0. The Morgan fingerprint density at radius 1 is 1.11 bits per heavy atom. The van der Waals surface area contributed by atoms with Crippen molar-refractivity contribution in [2.24, 2.45) is 0 Å². The summed E-state index contributed by atoms with van der Waals surface area (Å²) in [5.74, 6) is -0.0585. The number of thiophene rings is 1. The van der Waals surface area contributed by atoms with Gasteiger partial charge in [-0.15, -0.1) is 11.3 Å². The van der Waals surface area contributed by atoms with E-state index in [0.29, 0.717) is 17.6 Å². The zero-order valence-corrected chi connectivity index (χ0v) is 21.6. The van der Waals surface area contributed by atoms with E-state index in [-0.39, 0.29) is 11.9 Å². The maximum absolute atomic E-state index is 13.2. The van der Waals surface area contributed by atoms with Crippen molar-refractivity contribution in [2.75, 3.05) is 25.0 Å². The monoisotopic (exact) mass is 505 g/mol. The van der Waals surface area contributed by atoms with E-state index >= 15 is 0 Å². The van der Waals surface area contributed by atoms with Gasteiger partial charge in [0.25, 0.3) is 5.91 Å². The molecule has 6 N–H and O–H groups in total. The number of benzene rings is 2. The van der Waals surface area contributed by atoms with E-state index in [2.05, 4.69) is 63.0 Å². The number of hydrogen-bond donors (Lipinski definition) is 6. The largest absolute Gasteiger partial charge is 0.380 e. The fourth-order valence-corrected chi connectivity index (χ4v) is 5.60. The van der Waals surface area contributed by atoms with Gasteiger partial charge in [-0.3, -0.25) is 10.1 Å². The van der Waals surface area contributed by atoms with Crippen molar-refractivity contribution in [3.8, 4) is 10.4 Å². The summed E-state index contributed by atoms with van der Waals surface area (Å²) in [4.78, 5) is 15.6. The fourth-order valence-electron chi connectivity index (χ4n) is 4.64. The van der Waals surface area contributed by atoms with Crippen LogP contribution in [0.2, 0.25) is 0 Å². The highest BCUT2D eigenvalue weighted by Gasteiger charge is 2.21. The number of aryl methyl sites for hydroxylation is 1. The third kappa shape index (κ3) is 5.96. The zero-order chi connectivity index (χ0) is 25.1. The molecule has 3 heterocycles. The summed E-state index contributed by atoms with van der Waals surface area (Å²) in [5.41, 5.74) is 4.88. The molecule has 2 fully saturated rings. The maximum atomic E-state index is 13.2. The van der Waals surface area contributed by atoms with Crippen molar-refractivity contribution in [3.63, 3.8) is 0 Å². The number of aliphatic hydroxyl groups excluding tert-OH is 1. The van der Waals surface area contributed by atoms with Crippen molar-refractivity contribution < 1.29 is 9.90 Å². The van der Waals surface area contributed by atoms with Crippen LogP contribution >= 0.6 is 11.3 Å². The molecule has 0 spiro atoms. The molecule has 1 aromatic heterocycles. The summed E-state index contributed by atoms with van der Waals surface area (Å²) in [6, 6.07) is 19.3. The number of anilines is 1. The van der Waals surface area contributed by atoms with Crippen LogP contribution in [0.1, 0.15) is 45.7 Å². The summed E-state index contributed by atoms with van der Waals surface area (Å²) >= 11 is 1.77. The second kappa shape index (κ2) is 11.1. The van der Waals surface area contributed by atoms with Crippen LogP contribution in [0.3, 0.4) is 0 Å². The summed E-state index contributed by atoms with van der Waals surface area (Å²) in [6.07, 6.45) is 0.336.